The molecule has 1 heterocycles. The van der Waals surface area contributed by atoms with Gasteiger partial charge in [-0.25, -0.2) is 0 Å². The molecule has 0 amide bonds. The van der Waals surface area contributed by atoms with Gasteiger partial charge in [0.2, 0.25) is 0 Å². The maximum absolute atomic E-state index is 5.99. The van der Waals surface area contributed by atoms with Gasteiger partial charge in [0.15, 0.2) is 0 Å². The molecule has 3 aromatic carbocycles. The standard InChI is InChI=1S/C27H29O.2ClH.Zr/c1-16-12-21-14-22(25-13-17(2)19(4)28-25)15-24(21)26(18(16)3)20-8-10-23(11-9-20)27(5,6)7;;;/h8-15H,1-7H3;2*1H;/q-1;;;+2/p-2. The Morgan fingerprint density at radius 1 is 0.871 bits per heavy atom. The van der Waals surface area contributed by atoms with Gasteiger partial charge in [-0.3, -0.25) is 0 Å². The van der Waals surface area contributed by atoms with Gasteiger partial charge in [0, 0.05) is 0 Å². The molecule has 0 aliphatic rings. The van der Waals surface area contributed by atoms with E-state index in [1.807, 2.05) is 6.92 Å². The zero-order valence-electron chi connectivity index (χ0n) is 19.3. The van der Waals surface area contributed by atoms with Crippen molar-refractivity contribution in [1.82, 2.24) is 0 Å². The summed E-state index contributed by atoms with van der Waals surface area (Å²) < 4.78 is 5.99. The van der Waals surface area contributed by atoms with Crippen molar-refractivity contribution in [3.63, 3.8) is 0 Å². The van der Waals surface area contributed by atoms with Gasteiger partial charge in [-0.1, -0.05) is 61.7 Å². The summed E-state index contributed by atoms with van der Waals surface area (Å²) in [6, 6.07) is 18.1. The maximum atomic E-state index is 5.99. The molecule has 0 aliphatic carbocycles. The monoisotopic (exact) mass is 529 g/mol. The second-order valence-corrected chi connectivity index (χ2v) is 12.9. The van der Waals surface area contributed by atoms with E-state index >= 15 is 0 Å². The van der Waals surface area contributed by atoms with E-state index in [0.717, 1.165) is 17.1 Å². The SMILES string of the molecule is Cc1cc(-c2cc3c(-c4ccc(C(C)(C)C)cc4)c(C)c(C)cc3[cH-]2)oc1C.[Cl][Zr][Cl]. The number of hydrogen-bond donors (Lipinski definition) is 0. The molecule has 4 aromatic rings. The summed E-state index contributed by atoms with van der Waals surface area (Å²) in [4.78, 5) is 0. The first-order chi connectivity index (χ1) is 14.6. The van der Waals surface area contributed by atoms with Gasteiger partial charge in [-0.15, -0.1) is 29.0 Å². The van der Waals surface area contributed by atoms with Crippen molar-refractivity contribution in [2.45, 2.75) is 53.9 Å². The van der Waals surface area contributed by atoms with E-state index in [1.165, 1.54) is 44.2 Å². The van der Waals surface area contributed by atoms with Crippen LogP contribution in [0.4, 0.5) is 0 Å². The van der Waals surface area contributed by atoms with Crippen LogP contribution >= 0.6 is 17.0 Å². The Kier molecular flexibility index (Phi) is 7.68. The molecular weight excluding hydrogens is 502 g/mol. The summed E-state index contributed by atoms with van der Waals surface area (Å²) in [5.41, 5.74) is 9.17. The van der Waals surface area contributed by atoms with Gasteiger partial charge in [-0.2, -0.15) is 0 Å². The van der Waals surface area contributed by atoms with Crippen LogP contribution in [0.5, 0.6) is 0 Å². The minimum absolute atomic E-state index is 0.165. The Labute approximate surface area is 204 Å². The van der Waals surface area contributed by atoms with Crippen molar-refractivity contribution in [1.29, 1.82) is 0 Å². The summed E-state index contributed by atoms with van der Waals surface area (Å²) >= 11 is -0.826. The van der Waals surface area contributed by atoms with Gasteiger partial charge < -0.3 is 4.42 Å². The van der Waals surface area contributed by atoms with E-state index < -0.39 is 20.8 Å². The van der Waals surface area contributed by atoms with Crippen LogP contribution in [-0.2, 0) is 26.3 Å². The normalized spacial score (nSPS) is 11.4. The van der Waals surface area contributed by atoms with Crippen LogP contribution in [0, 0.1) is 27.7 Å². The van der Waals surface area contributed by atoms with Gasteiger partial charge in [-0.05, 0) is 61.4 Å². The van der Waals surface area contributed by atoms with Crippen LogP contribution in [0.2, 0.25) is 0 Å². The van der Waals surface area contributed by atoms with Gasteiger partial charge >= 0.3 is 37.9 Å². The van der Waals surface area contributed by atoms with Crippen molar-refractivity contribution < 1.29 is 25.3 Å². The molecule has 0 fully saturated rings. The van der Waals surface area contributed by atoms with Crippen LogP contribution in [-0.4, -0.2) is 0 Å². The molecule has 0 radical (unpaired) electrons. The van der Waals surface area contributed by atoms with Gasteiger partial charge in [0.1, 0.15) is 0 Å². The van der Waals surface area contributed by atoms with Crippen LogP contribution in [0.3, 0.4) is 0 Å². The number of hydrogen-bond acceptors (Lipinski definition) is 1. The zero-order chi connectivity index (χ0) is 22.9. The molecule has 1 aromatic heterocycles. The fraction of sp³-hybridized carbons (Fsp3) is 0.296. The molecule has 4 heteroatoms. The average molecular weight is 532 g/mol. The summed E-state index contributed by atoms with van der Waals surface area (Å²) in [5.74, 6) is 1.95. The molecular formula is C27H29Cl2OZr-. The average Bonchev–Trinajstić information content (AvgIpc) is 3.26. The molecule has 0 bridgehead atoms. The first kappa shape index (κ1) is 24.4. The quantitative estimate of drug-likeness (QED) is 0.235. The zero-order valence-corrected chi connectivity index (χ0v) is 23.3. The minimum atomic E-state index is -0.826. The molecule has 0 atom stereocenters. The fourth-order valence-electron chi connectivity index (χ4n) is 3.97. The molecule has 0 unspecified atom stereocenters. The predicted octanol–water partition coefficient (Wildman–Crippen LogP) is 9.39. The van der Waals surface area contributed by atoms with Gasteiger partial charge in [0.25, 0.3) is 0 Å². The van der Waals surface area contributed by atoms with E-state index in [2.05, 4.69) is 90.1 Å². The molecule has 1 nitrogen and oxygen atoms in total. The summed E-state index contributed by atoms with van der Waals surface area (Å²) in [6.07, 6.45) is 0. The second kappa shape index (κ2) is 9.74. The van der Waals surface area contributed by atoms with Gasteiger partial charge in [0.05, 0.1) is 11.5 Å². The Morgan fingerprint density at radius 3 is 2.00 bits per heavy atom. The molecule has 162 valence electrons. The van der Waals surface area contributed by atoms with Crippen molar-refractivity contribution >= 4 is 27.8 Å². The Morgan fingerprint density at radius 2 is 1.48 bits per heavy atom. The van der Waals surface area contributed by atoms with E-state index in [9.17, 15) is 0 Å². The molecule has 0 saturated carbocycles. The van der Waals surface area contributed by atoms with E-state index in [0.29, 0.717) is 0 Å². The first-order valence-corrected chi connectivity index (χ1v) is 16.7. The van der Waals surface area contributed by atoms with Crippen molar-refractivity contribution in [2.24, 2.45) is 0 Å². The fourth-order valence-corrected chi connectivity index (χ4v) is 3.97. The van der Waals surface area contributed by atoms with Crippen LogP contribution < -0.4 is 0 Å². The van der Waals surface area contributed by atoms with Crippen LogP contribution in [0.15, 0.2) is 52.9 Å². The summed E-state index contributed by atoms with van der Waals surface area (Å²) in [7, 11) is 9.87. The van der Waals surface area contributed by atoms with Crippen molar-refractivity contribution in [3.05, 3.63) is 76.5 Å². The topological polar surface area (TPSA) is 13.1 Å². The van der Waals surface area contributed by atoms with Crippen molar-refractivity contribution in [2.75, 3.05) is 0 Å². The number of fused-ring (bicyclic) bond motifs is 1. The van der Waals surface area contributed by atoms with Crippen LogP contribution in [0.25, 0.3) is 33.2 Å². The van der Waals surface area contributed by atoms with E-state index in [-0.39, 0.29) is 5.41 Å². The third-order valence-electron chi connectivity index (χ3n) is 6.02. The second-order valence-electron chi connectivity index (χ2n) is 9.19. The molecule has 0 spiro atoms. The predicted molar refractivity (Wildman–Crippen MR) is 132 cm³/mol. The third-order valence-corrected chi connectivity index (χ3v) is 6.02. The number of rotatable bonds is 2. The number of halogens is 2. The molecule has 4 rings (SSSR count). The molecule has 0 aliphatic heterocycles. The van der Waals surface area contributed by atoms with E-state index in [1.54, 1.807) is 0 Å². The third kappa shape index (κ3) is 5.24. The number of furan rings is 1. The Bertz CT molecular complexity index is 1170. The van der Waals surface area contributed by atoms with Crippen molar-refractivity contribution in [3.8, 4) is 22.5 Å². The summed E-state index contributed by atoms with van der Waals surface area (Å²) in [6.45, 7) is 15.3. The summed E-state index contributed by atoms with van der Waals surface area (Å²) in [5, 5.41) is 2.58. The Balaban J connectivity index is 0.000000858. The molecule has 0 N–H and O–H groups in total. The number of benzene rings is 2. The molecule has 0 saturated heterocycles. The van der Waals surface area contributed by atoms with E-state index in [4.69, 9.17) is 21.4 Å². The molecule has 31 heavy (non-hydrogen) atoms. The first-order valence-electron chi connectivity index (χ1n) is 10.4. The number of aryl methyl sites for hydroxylation is 3. The Hall–Kier alpha value is -1.21. The van der Waals surface area contributed by atoms with Crippen LogP contribution in [0.1, 0.15) is 48.8 Å².